The summed E-state index contributed by atoms with van der Waals surface area (Å²) in [4.78, 5) is 4.08. The zero-order valence-corrected chi connectivity index (χ0v) is 11.4. The summed E-state index contributed by atoms with van der Waals surface area (Å²) in [6, 6.07) is 1.89. The summed E-state index contributed by atoms with van der Waals surface area (Å²) in [5.74, 6) is 0.391. The lowest BCUT2D eigenvalue weighted by atomic mass is 9.92. The first-order valence-corrected chi connectivity index (χ1v) is 6.12. The summed E-state index contributed by atoms with van der Waals surface area (Å²) >= 11 is 0. The molecular weight excluding hydrogens is 230 g/mol. The first kappa shape index (κ1) is 14.9. The van der Waals surface area contributed by atoms with Gasteiger partial charge in [-0.3, -0.25) is 0 Å². The highest BCUT2D eigenvalue weighted by Crippen LogP contribution is 2.28. The number of ether oxygens (including phenoxy) is 1. The Morgan fingerprint density at radius 2 is 2.22 bits per heavy atom. The van der Waals surface area contributed by atoms with Crippen molar-refractivity contribution in [3.8, 4) is 0 Å². The van der Waals surface area contributed by atoms with Crippen LogP contribution in [0.1, 0.15) is 24.5 Å². The standard InChI is InChI=1S/C13H23N3O2/c1-10-8-11(12(14)16-9-10)13(2,17)4-5-15-6-7-18-3/h8-9,15,17H,4-7H2,1-3H3,(H2,14,16). The molecular formula is C13H23N3O2. The van der Waals surface area contributed by atoms with Gasteiger partial charge in [0, 0.05) is 25.4 Å². The Bertz CT molecular complexity index is 380. The van der Waals surface area contributed by atoms with E-state index in [4.69, 9.17) is 10.5 Å². The zero-order chi connectivity index (χ0) is 13.6. The molecule has 0 amide bonds. The topological polar surface area (TPSA) is 80.4 Å². The Kier molecular flexibility index (Phi) is 5.53. The van der Waals surface area contributed by atoms with E-state index in [2.05, 4.69) is 10.3 Å². The number of nitrogens with one attached hydrogen (secondary N) is 1. The molecule has 0 saturated carbocycles. The molecule has 4 N–H and O–H groups in total. The lowest BCUT2D eigenvalue weighted by Crippen LogP contribution is -2.30. The molecule has 0 aliphatic rings. The Labute approximate surface area is 108 Å². The van der Waals surface area contributed by atoms with Crippen molar-refractivity contribution in [2.24, 2.45) is 0 Å². The number of aryl methyl sites for hydroxylation is 1. The maximum absolute atomic E-state index is 10.5. The number of nitrogens with two attached hydrogens (primary N) is 1. The van der Waals surface area contributed by atoms with E-state index in [0.717, 1.165) is 12.1 Å². The first-order chi connectivity index (χ1) is 8.47. The smallest absolute Gasteiger partial charge is 0.129 e. The number of aromatic nitrogens is 1. The van der Waals surface area contributed by atoms with Crippen LogP contribution in [0, 0.1) is 6.92 Å². The zero-order valence-electron chi connectivity index (χ0n) is 11.4. The monoisotopic (exact) mass is 253 g/mol. The number of pyridine rings is 1. The van der Waals surface area contributed by atoms with Gasteiger partial charge in [-0.25, -0.2) is 4.98 Å². The van der Waals surface area contributed by atoms with Gasteiger partial charge in [-0.2, -0.15) is 0 Å². The third-order valence-corrected chi connectivity index (χ3v) is 2.91. The number of methoxy groups -OCH3 is 1. The van der Waals surface area contributed by atoms with Gasteiger partial charge in [0.2, 0.25) is 0 Å². The van der Waals surface area contributed by atoms with Gasteiger partial charge in [-0.05, 0) is 38.4 Å². The van der Waals surface area contributed by atoms with Gasteiger partial charge in [-0.1, -0.05) is 0 Å². The van der Waals surface area contributed by atoms with Crippen LogP contribution in [-0.2, 0) is 10.3 Å². The Balaban J connectivity index is 2.59. The van der Waals surface area contributed by atoms with Gasteiger partial charge >= 0.3 is 0 Å². The molecule has 0 aliphatic carbocycles. The molecule has 0 aliphatic heterocycles. The third kappa shape index (κ3) is 4.25. The quantitative estimate of drug-likeness (QED) is 0.626. The van der Waals surface area contributed by atoms with Crippen LogP contribution in [0.3, 0.4) is 0 Å². The van der Waals surface area contributed by atoms with Crippen LogP contribution >= 0.6 is 0 Å². The Morgan fingerprint density at radius 1 is 1.50 bits per heavy atom. The molecule has 0 bridgehead atoms. The highest BCUT2D eigenvalue weighted by atomic mass is 16.5. The lowest BCUT2D eigenvalue weighted by molar-refractivity contribution is 0.0479. The number of anilines is 1. The molecule has 102 valence electrons. The highest BCUT2D eigenvalue weighted by molar-refractivity contribution is 5.44. The normalized spacial score (nSPS) is 14.4. The third-order valence-electron chi connectivity index (χ3n) is 2.91. The number of rotatable bonds is 7. The van der Waals surface area contributed by atoms with Gasteiger partial charge in [0.15, 0.2) is 0 Å². The molecule has 18 heavy (non-hydrogen) atoms. The van der Waals surface area contributed by atoms with Crippen LogP contribution in [0.4, 0.5) is 5.82 Å². The van der Waals surface area contributed by atoms with E-state index in [1.165, 1.54) is 0 Å². The molecule has 0 aromatic carbocycles. The minimum absolute atomic E-state index is 0.391. The number of nitrogens with zero attached hydrogens (tertiary/aromatic N) is 1. The average Bonchev–Trinajstić information content (AvgIpc) is 2.32. The second-order valence-corrected chi connectivity index (χ2v) is 4.71. The minimum atomic E-state index is -0.969. The first-order valence-electron chi connectivity index (χ1n) is 6.12. The molecule has 1 aromatic heterocycles. The number of aliphatic hydroxyl groups is 1. The minimum Gasteiger partial charge on any atom is -0.385 e. The van der Waals surface area contributed by atoms with Crippen molar-refractivity contribution < 1.29 is 9.84 Å². The molecule has 1 aromatic rings. The lowest BCUT2D eigenvalue weighted by Gasteiger charge is -2.25. The summed E-state index contributed by atoms with van der Waals surface area (Å²) in [5, 5.41) is 13.7. The predicted octanol–water partition coefficient (Wildman–Crippen LogP) is 0.806. The molecule has 1 atom stereocenters. The average molecular weight is 253 g/mol. The van der Waals surface area contributed by atoms with Crippen molar-refractivity contribution in [3.05, 3.63) is 23.4 Å². The van der Waals surface area contributed by atoms with Crippen molar-refractivity contribution in [1.29, 1.82) is 0 Å². The largest absolute Gasteiger partial charge is 0.385 e. The van der Waals surface area contributed by atoms with Gasteiger partial charge in [-0.15, -0.1) is 0 Å². The maximum atomic E-state index is 10.5. The van der Waals surface area contributed by atoms with Crippen LogP contribution in [0.25, 0.3) is 0 Å². The number of hydrogen-bond donors (Lipinski definition) is 3. The van der Waals surface area contributed by atoms with Crippen molar-refractivity contribution >= 4 is 5.82 Å². The van der Waals surface area contributed by atoms with E-state index in [-0.39, 0.29) is 0 Å². The van der Waals surface area contributed by atoms with E-state index in [1.54, 1.807) is 20.2 Å². The van der Waals surface area contributed by atoms with Crippen LogP contribution in [0.5, 0.6) is 0 Å². The summed E-state index contributed by atoms with van der Waals surface area (Å²) in [6.45, 7) is 5.83. The maximum Gasteiger partial charge on any atom is 0.129 e. The van der Waals surface area contributed by atoms with Gasteiger partial charge < -0.3 is 20.9 Å². The summed E-state index contributed by atoms with van der Waals surface area (Å²) < 4.78 is 4.94. The van der Waals surface area contributed by atoms with Crippen molar-refractivity contribution in [2.45, 2.75) is 25.9 Å². The van der Waals surface area contributed by atoms with Crippen LogP contribution in [-0.4, -0.2) is 36.9 Å². The summed E-state index contributed by atoms with van der Waals surface area (Å²) in [7, 11) is 1.66. The highest BCUT2D eigenvalue weighted by Gasteiger charge is 2.25. The fraction of sp³-hybridized carbons (Fsp3) is 0.615. The Morgan fingerprint density at radius 3 is 2.89 bits per heavy atom. The molecule has 5 heteroatoms. The molecule has 0 fully saturated rings. The van der Waals surface area contributed by atoms with E-state index in [1.807, 2.05) is 13.0 Å². The van der Waals surface area contributed by atoms with E-state index < -0.39 is 5.60 Å². The molecule has 1 unspecified atom stereocenters. The van der Waals surface area contributed by atoms with Crippen molar-refractivity contribution in [3.63, 3.8) is 0 Å². The summed E-state index contributed by atoms with van der Waals surface area (Å²) in [6.07, 6.45) is 2.28. The molecule has 1 rings (SSSR count). The van der Waals surface area contributed by atoms with Gasteiger partial charge in [0.1, 0.15) is 5.82 Å². The molecule has 0 saturated heterocycles. The molecule has 5 nitrogen and oxygen atoms in total. The van der Waals surface area contributed by atoms with Crippen molar-refractivity contribution in [1.82, 2.24) is 10.3 Å². The fourth-order valence-electron chi connectivity index (χ4n) is 1.78. The summed E-state index contributed by atoms with van der Waals surface area (Å²) in [5.41, 5.74) is 6.53. The van der Waals surface area contributed by atoms with Crippen LogP contribution in [0.2, 0.25) is 0 Å². The molecule has 1 heterocycles. The van der Waals surface area contributed by atoms with Crippen molar-refractivity contribution in [2.75, 3.05) is 32.5 Å². The van der Waals surface area contributed by atoms with E-state index in [0.29, 0.717) is 31.0 Å². The van der Waals surface area contributed by atoms with Crippen LogP contribution in [0.15, 0.2) is 12.3 Å². The Hall–Kier alpha value is -1.17. The second kappa shape index (κ2) is 6.68. The van der Waals surface area contributed by atoms with E-state index in [9.17, 15) is 5.11 Å². The van der Waals surface area contributed by atoms with Gasteiger partial charge in [0.05, 0.1) is 12.2 Å². The fourth-order valence-corrected chi connectivity index (χ4v) is 1.78. The SMILES string of the molecule is COCCNCCC(C)(O)c1cc(C)cnc1N. The van der Waals surface area contributed by atoms with E-state index >= 15 is 0 Å². The van der Waals surface area contributed by atoms with Gasteiger partial charge in [0.25, 0.3) is 0 Å². The van der Waals surface area contributed by atoms with Crippen LogP contribution < -0.4 is 11.1 Å². The second-order valence-electron chi connectivity index (χ2n) is 4.71. The molecule has 0 radical (unpaired) electrons. The number of nitrogen functional groups attached to an aromatic ring is 1. The molecule has 0 spiro atoms. The predicted molar refractivity (Wildman–Crippen MR) is 72.3 cm³/mol. The number of hydrogen-bond acceptors (Lipinski definition) is 5.